The first-order valence-corrected chi connectivity index (χ1v) is 6.62. The smallest absolute Gasteiger partial charge is 0.466 e. The molecule has 0 aromatic heterocycles. The van der Waals surface area contributed by atoms with E-state index in [1.807, 2.05) is 13.8 Å². The van der Waals surface area contributed by atoms with Gasteiger partial charge >= 0.3 is 15.6 Å². The average Bonchev–Trinajstić information content (AvgIpc) is 1.80. The van der Waals surface area contributed by atoms with Crippen molar-refractivity contribution < 1.29 is 53.9 Å². The fourth-order valence-corrected chi connectivity index (χ4v) is 0. The minimum absolute atomic E-state index is 0. The third-order valence-corrected chi connectivity index (χ3v) is 0. The highest BCUT2D eigenvalue weighted by atomic mass is 31.2. The van der Waals surface area contributed by atoms with E-state index < -0.39 is 21.6 Å². The normalized spacial score (nSPS) is 8.76. The first kappa shape index (κ1) is 30.0. The highest BCUT2D eigenvalue weighted by Crippen LogP contribution is 2.26. The Morgan fingerprint density at radius 3 is 0.824 bits per heavy atom. The van der Waals surface area contributed by atoms with Gasteiger partial charge in [-0.25, -0.2) is 9.13 Å². The number of rotatable bonds is 0. The molecule has 9 N–H and O–H groups in total. The van der Waals surface area contributed by atoms with Crippen LogP contribution in [0.1, 0.15) is 20.8 Å². The van der Waals surface area contributed by atoms with Crippen LogP contribution in [0.5, 0.6) is 0 Å². The van der Waals surface area contributed by atoms with Gasteiger partial charge in [0.1, 0.15) is 0 Å². The Morgan fingerprint density at radius 2 is 0.824 bits per heavy atom. The number of hydrogen-bond acceptors (Lipinski definition) is 3. The van der Waals surface area contributed by atoms with E-state index in [9.17, 15) is 0 Å². The lowest BCUT2D eigenvalue weighted by atomic mass is 10.9. The predicted molar refractivity (Wildman–Crippen MR) is 56.8 cm³/mol. The second kappa shape index (κ2) is 15.6. The largest absolute Gasteiger partial charge is 0.481 e. The van der Waals surface area contributed by atoms with Crippen LogP contribution >= 0.6 is 15.6 Å². The molecule has 0 heterocycles. The third kappa shape index (κ3) is 23800. The molecule has 0 saturated carbocycles. The zero-order valence-electron chi connectivity index (χ0n) is 9.25. The summed E-state index contributed by atoms with van der Waals surface area (Å²) in [5, 5.41) is 7.42. The van der Waals surface area contributed by atoms with Gasteiger partial charge in [-0.15, -0.1) is 0 Å². The van der Waals surface area contributed by atoms with E-state index in [4.69, 9.17) is 48.4 Å². The van der Waals surface area contributed by atoms with Crippen LogP contribution in [0.4, 0.5) is 0 Å². The van der Waals surface area contributed by atoms with Crippen molar-refractivity contribution in [3.8, 4) is 0 Å². The van der Waals surface area contributed by atoms with E-state index >= 15 is 0 Å². The highest BCUT2D eigenvalue weighted by molar-refractivity contribution is 7.45. The molecule has 0 amide bonds. The molecule has 13 heteroatoms. The first-order valence-electron chi connectivity index (χ1n) is 3.49. The van der Waals surface area contributed by atoms with Gasteiger partial charge in [-0.2, -0.15) is 0 Å². The predicted octanol–water partition coefficient (Wildman–Crippen LogP) is -1.56. The van der Waals surface area contributed by atoms with Crippen LogP contribution < -0.4 is 0 Å². The van der Waals surface area contributed by atoms with Crippen LogP contribution in [0, 0.1) is 0 Å². The summed E-state index contributed by atoms with van der Waals surface area (Å²) in [6.45, 7) is 5.08. The fraction of sp³-hybridized carbons (Fsp3) is 0.750. The molecule has 11 nitrogen and oxygen atoms in total. The number of carboxylic acid groups (broad SMARTS) is 1. The molecular weight excluding hydrogens is 286 g/mol. The molecule has 0 fully saturated rings. The lowest BCUT2D eigenvalue weighted by Crippen LogP contribution is -1.78. The molecule has 0 spiro atoms. The summed E-state index contributed by atoms with van der Waals surface area (Å²) in [5.74, 6) is -0.833. The lowest BCUT2D eigenvalue weighted by molar-refractivity contribution is -0.134. The molecule has 0 aromatic carbocycles. The van der Waals surface area contributed by atoms with Crippen molar-refractivity contribution >= 4 is 21.6 Å². The molecule has 17 heavy (non-hydrogen) atoms. The summed E-state index contributed by atoms with van der Waals surface area (Å²) >= 11 is 0. The summed E-state index contributed by atoms with van der Waals surface area (Å²) in [5.41, 5.74) is 0. The van der Waals surface area contributed by atoms with Crippen molar-refractivity contribution in [2.75, 3.05) is 0 Å². The SMILES string of the molecule is CC.CC(=O)O.O.O=P(O)(O)O.O=P(O)(O)O. The van der Waals surface area contributed by atoms with E-state index in [1.165, 1.54) is 0 Å². The van der Waals surface area contributed by atoms with Crippen molar-refractivity contribution in [1.29, 1.82) is 0 Å². The van der Waals surface area contributed by atoms with Crippen LogP contribution in [0.15, 0.2) is 0 Å². The van der Waals surface area contributed by atoms with Crippen LogP contribution in [-0.2, 0) is 13.9 Å². The average molecular weight is 304 g/mol. The van der Waals surface area contributed by atoms with Crippen molar-refractivity contribution in [2.24, 2.45) is 0 Å². The Kier molecular flexibility index (Phi) is 27.7. The fourth-order valence-electron chi connectivity index (χ4n) is 0. The summed E-state index contributed by atoms with van der Waals surface area (Å²) in [4.78, 5) is 52.1. The van der Waals surface area contributed by atoms with Crippen LogP contribution in [0.3, 0.4) is 0 Å². The molecule has 0 aliphatic carbocycles. The van der Waals surface area contributed by atoms with Crippen molar-refractivity contribution in [2.45, 2.75) is 20.8 Å². The van der Waals surface area contributed by atoms with E-state index in [-0.39, 0.29) is 5.48 Å². The first-order chi connectivity index (χ1) is 6.73. The van der Waals surface area contributed by atoms with E-state index in [0.717, 1.165) is 6.92 Å². The van der Waals surface area contributed by atoms with Gasteiger partial charge in [-0.05, 0) is 0 Å². The Bertz CT molecular complexity index is 197. The Morgan fingerprint density at radius 1 is 0.824 bits per heavy atom. The lowest BCUT2D eigenvalue weighted by Gasteiger charge is -1.82. The monoisotopic (exact) mass is 304 g/mol. The molecule has 110 valence electrons. The second-order valence-corrected chi connectivity index (χ2v) is 3.60. The van der Waals surface area contributed by atoms with Gasteiger partial charge in [0.25, 0.3) is 5.97 Å². The van der Waals surface area contributed by atoms with Gasteiger partial charge < -0.3 is 39.9 Å². The molecule has 0 unspecified atom stereocenters. The number of aliphatic carboxylic acids is 1. The maximum atomic E-state index is 9.00. The zero-order chi connectivity index (χ0) is 14.6. The zero-order valence-corrected chi connectivity index (χ0v) is 11.0. The maximum absolute atomic E-state index is 9.00. The second-order valence-electron chi connectivity index (χ2n) is 1.55. The molecule has 0 atom stereocenters. The van der Waals surface area contributed by atoms with E-state index in [2.05, 4.69) is 0 Å². The molecular formula is C4H18O11P2. The maximum Gasteiger partial charge on any atom is 0.466 e. The summed E-state index contributed by atoms with van der Waals surface area (Å²) in [6, 6.07) is 0. The minimum atomic E-state index is -4.64. The topological polar surface area (TPSA) is 224 Å². The number of hydrogen-bond donors (Lipinski definition) is 7. The van der Waals surface area contributed by atoms with Crippen molar-refractivity contribution in [3.05, 3.63) is 0 Å². The molecule has 0 aliphatic rings. The molecule has 0 aromatic rings. The summed E-state index contributed by atoms with van der Waals surface area (Å²) in [6.07, 6.45) is 0. The van der Waals surface area contributed by atoms with Gasteiger partial charge in [-0.1, -0.05) is 13.8 Å². The summed E-state index contributed by atoms with van der Waals surface area (Å²) in [7, 11) is -9.28. The number of phosphoric acid groups is 2. The standard InChI is InChI=1S/C2H4O2.C2H6.2H3O4P.H2O/c1-2(3)4;1-2;2*1-5(2,3)4;/h1H3,(H,3,4);1-2H3;2*(H3,1,2,3,4);1H2. The minimum Gasteiger partial charge on any atom is -0.481 e. The van der Waals surface area contributed by atoms with E-state index in [1.54, 1.807) is 0 Å². The van der Waals surface area contributed by atoms with Gasteiger partial charge in [0.2, 0.25) is 0 Å². The van der Waals surface area contributed by atoms with Crippen molar-refractivity contribution in [3.63, 3.8) is 0 Å². The van der Waals surface area contributed by atoms with E-state index in [0.29, 0.717) is 0 Å². The number of carboxylic acids is 1. The molecule has 0 saturated heterocycles. The van der Waals surface area contributed by atoms with Gasteiger partial charge in [0, 0.05) is 6.92 Å². The Labute approximate surface area is 97.2 Å². The summed E-state index contributed by atoms with van der Waals surface area (Å²) < 4.78 is 17.8. The molecule has 0 radical (unpaired) electrons. The van der Waals surface area contributed by atoms with Gasteiger partial charge in [-0.3, -0.25) is 4.79 Å². The van der Waals surface area contributed by atoms with Crippen LogP contribution in [0.2, 0.25) is 0 Å². The van der Waals surface area contributed by atoms with Crippen molar-refractivity contribution in [1.82, 2.24) is 0 Å². The third-order valence-electron chi connectivity index (χ3n) is 0. The quantitative estimate of drug-likeness (QED) is 0.254. The molecule has 0 aliphatic heterocycles. The Hall–Kier alpha value is -0.350. The highest BCUT2D eigenvalue weighted by Gasteiger charge is 2.00. The number of carbonyl (C=O) groups is 1. The molecule has 0 bridgehead atoms. The van der Waals surface area contributed by atoms with Crippen LogP contribution in [0.25, 0.3) is 0 Å². The van der Waals surface area contributed by atoms with Crippen LogP contribution in [-0.4, -0.2) is 45.9 Å². The Balaban J connectivity index is -0.0000000386. The van der Waals surface area contributed by atoms with Gasteiger partial charge in [0.15, 0.2) is 0 Å². The molecule has 0 rings (SSSR count). The van der Waals surface area contributed by atoms with Gasteiger partial charge in [0.05, 0.1) is 0 Å².